The van der Waals surface area contributed by atoms with Crippen LogP contribution >= 0.6 is 0 Å². The number of anilines is 1. The Kier molecular flexibility index (Phi) is 5.87. The molecule has 0 bridgehead atoms. The lowest BCUT2D eigenvalue weighted by Crippen LogP contribution is -2.23. The topological polar surface area (TPSA) is 60.3 Å². The maximum absolute atomic E-state index is 12.9. The van der Waals surface area contributed by atoms with Crippen molar-refractivity contribution in [3.63, 3.8) is 0 Å². The maximum atomic E-state index is 12.9. The molecule has 0 aliphatic rings. The summed E-state index contributed by atoms with van der Waals surface area (Å²) in [5.74, 6) is -0.712. The Balaban J connectivity index is 1.93. The second kappa shape index (κ2) is 8.35. The molecule has 0 atom stereocenters. The summed E-state index contributed by atoms with van der Waals surface area (Å²) < 4.78 is 7.55. The van der Waals surface area contributed by atoms with Crippen LogP contribution in [0, 0.1) is 27.7 Å². The van der Waals surface area contributed by atoms with E-state index in [1.807, 2.05) is 43.5 Å². The number of amides is 1. The molecule has 0 saturated heterocycles. The Morgan fingerprint density at radius 1 is 1.00 bits per heavy atom. The molecule has 150 valence electrons. The molecular formula is C24H26N2O3. The molecule has 1 heterocycles. The molecule has 0 saturated carbocycles. The van der Waals surface area contributed by atoms with E-state index in [2.05, 4.69) is 25.2 Å². The molecule has 0 unspecified atom stereocenters. The first-order valence-corrected chi connectivity index (χ1v) is 9.68. The summed E-state index contributed by atoms with van der Waals surface area (Å²) in [6.07, 6.45) is 0. The van der Waals surface area contributed by atoms with Crippen molar-refractivity contribution in [1.82, 2.24) is 4.57 Å². The van der Waals surface area contributed by atoms with Gasteiger partial charge in [0.25, 0.3) is 11.7 Å². The van der Waals surface area contributed by atoms with Crippen LogP contribution < -0.4 is 10.1 Å². The standard InChI is InChI=1S/C24H26N2O3/c1-6-29-22-13-8-7-11-20(22)25-24(28)23(27)19-14-16(3)26(18(19)5)21-12-9-10-15(2)17(21)4/h7-14H,6H2,1-5H3,(H,25,28). The highest BCUT2D eigenvalue weighted by Crippen LogP contribution is 2.27. The van der Waals surface area contributed by atoms with Crippen LogP contribution in [0.25, 0.3) is 5.69 Å². The summed E-state index contributed by atoms with van der Waals surface area (Å²) in [6.45, 7) is 10.3. The van der Waals surface area contributed by atoms with Gasteiger partial charge < -0.3 is 14.6 Å². The van der Waals surface area contributed by atoms with Crippen LogP contribution in [0.4, 0.5) is 5.69 Å². The largest absolute Gasteiger partial charge is 0.492 e. The summed E-state index contributed by atoms with van der Waals surface area (Å²) in [7, 11) is 0. The second-order valence-electron chi connectivity index (χ2n) is 7.05. The number of carbonyl (C=O) groups is 2. The predicted molar refractivity (Wildman–Crippen MR) is 115 cm³/mol. The van der Waals surface area contributed by atoms with Gasteiger partial charge in [0, 0.05) is 22.6 Å². The van der Waals surface area contributed by atoms with E-state index in [1.165, 1.54) is 5.56 Å². The number of para-hydroxylation sites is 2. The molecule has 29 heavy (non-hydrogen) atoms. The zero-order valence-electron chi connectivity index (χ0n) is 17.5. The molecule has 0 radical (unpaired) electrons. The molecule has 5 heteroatoms. The van der Waals surface area contributed by atoms with E-state index in [-0.39, 0.29) is 0 Å². The quantitative estimate of drug-likeness (QED) is 0.479. The van der Waals surface area contributed by atoms with Crippen LogP contribution in [0.2, 0.25) is 0 Å². The number of hydrogen-bond donors (Lipinski definition) is 1. The fraction of sp³-hybridized carbons (Fsp3) is 0.250. The Morgan fingerprint density at radius 2 is 1.72 bits per heavy atom. The molecule has 0 aliphatic heterocycles. The van der Waals surface area contributed by atoms with Crippen molar-refractivity contribution in [3.8, 4) is 11.4 Å². The summed E-state index contributed by atoms with van der Waals surface area (Å²) in [5.41, 5.74) is 5.86. The number of nitrogens with zero attached hydrogens (tertiary/aromatic N) is 1. The lowest BCUT2D eigenvalue weighted by atomic mass is 10.1. The summed E-state index contributed by atoms with van der Waals surface area (Å²) in [5, 5.41) is 2.69. The summed E-state index contributed by atoms with van der Waals surface area (Å²) in [6, 6.07) is 14.9. The molecule has 3 aromatic rings. The van der Waals surface area contributed by atoms with Gasteiger partial charge in [0.2, 0.25) is 0 Å². The number of aryl methyl sites for hydroxylation is 2. The first-order chi connectivity index (χ1) is 13.8. The number of aromatic nitrogens is 1. The highest BCUT2D eigenvalue weighted by Gasteiger charge is 2.24. The van der Waals surface area contributed by atoms with E-state index in [9.17, 15) is 9.59 Å². The Morgan fingerprint density at radius 3 is 2.45 bits per heavy atom. The van der Waals surface area contributed by atoms with Gasteiger partial charge in [0.1, 0.15) is 5.75 Å². The van der Waals surface area contributed by atoms with E-state index < -0.39 is 11.7 Å². The molecule has 5 nitrogen and oxygen atoms in total. The fourth-order valence-corrected chi connectivity index (χ4v) is 3.49. The van der Waals surface area contributed by atoms with Gasteiger partial charge in [-0.1, -0.05) is 24.3 Å². The molecule has 0 fully saturated rings. The van der Waals surface area contributed by atoms with Crippen LogP contribution in [0.15, 0.2) is 48.5 Å². The van der Waals surface area contributed by atoms with E-state index in [1.54, 1.807) is 24.3 Å². The number of carbonyl (C=O) groups excluding carboxylic acids is 2. The molecule has 2 aromatic carbocycles. The minimum atomic E-state index is -0.682. The predicted octanol–water partition coefficient (Wildman–Crippen LogP) is 4.93. The van der Waals surface area contributed by atoms with Crippen LogP contribution in [-0.4, -0.2) is 22.9 Å². The number of hydrogen-bond acceptors (Lipinski definition) is 3. The van der Waals surface area contributed by atoms with E-state index in [0.29, 0.717) is 23.6 Å². The van der Waals surface area contributed by atoms with Gasteiger partial charge in [-0.2, -0.15) is 0 Å². The number of rotatable bonds is 6. The molecule has 0 aliphatic carbocycles. The van der Waals surface area contributed by atoms with Crippen LogP contribution in [0.1, 0.15) is 39.8 Å². The molecule has 1 aromatic heterocycles. The number of ketones is 1. The Labute approximate surface area is 171 Å². The molecular weight excluding hydrogens is 364 g/mol. The van der Waals surface area contributed by atoms with Gasteiger partial charge in [-0.3, -0.25) is 9.59 Å². The highest BCUT2D eigenvalue weighted by molar-refractivity contribution is 6.47. The third-order valence-electron chi connectivity index (χ3n) is 5.13. The van der Waals surface area contributed by atoms with Crippen molar-refractivity contribution in [2.24, 2.45) is 0 Å². The Bertz CT molecular complexity index is 1080. The molecule has 1 N–H and O–H groups in total. The maximum Gasteiger partial charge on any atom is 0.296 e. The van der Waals surface area contributed by atoms with E-state index in [0.717, 1.165) is 22.6 Å². The first kappa shape index (κ1) is 20.4. The number of benzene rings is 2. The molecule has 1 amide bonds. The fourth-order valence-electron chi connectivity index (χ4n) is 3.49. The van der Waals surface area contributed by atoms with Crippen molar-refractivity contribution < 1.29 is 14.3 Å². The smallest absolute Gasteiger partial charge is 0.296 e. The van der Waals surface area contributed by atoms with Crippen molar-refractivity contribution in [2.45, 2.75) is 34.6 Å². The summed E-state index contributed by atoms with van der Waals surface area (Å²) in [4.78, 5) is 25.6. The van der Waals surface area contributed by atoms with Gasteiger partial charge in [-0.25, -0.2) is 0 Å². The van der Waals surface area contributed by atoms with Crippen LogP contribution in [-0.2, 0) is 4.79 Å². The molecule has 3 rings (SSSR count). The average molecular weight is 390 g/mol. The first-order valence-electron chi connectivity index (χ1n) is 9.68. The zero-order valence-corrected chi connectivity index (χ0v) is 17.5. The van der Waals surface area contributed by atoms with E-state index in [4.69, 9.17) is 4.74 Å². The van der Waals surface area contributed by atoms with Crippen molar-refractivity contribution in [3.05, 3.63) is 76.6 Å². The number of ether oxygens (including phenoxy) is 1. The van der Waals surface area contributed by atoms with Crippen LogP contribution in [0.3, 0.4) is 0 Å². The van der Waals surface area contributed by atoms with Gasteiger partial charge in [-0.15, -0.1) is 0 Å². The van der Waals surface area contributed by atoms with Gasteiger partial charge in [0.05, 0.1) is 12.3 Å². The summed E-state index contributed by atoms with van der Waals surface area (Å²) >= 11 is 0. The molecule has 0 spiro atoms. The third kappa shape index (κ3) is 3.94. The normalized spacial score (nSPS) is 10.7. The van der Waals surface area contributed by atoms with Gasteiger partial charge in [0.15, 0.2) is 0 Å². The van der Waals surface area contributed by atoms with Gasteiger partial charge >= 0.3 is 0 Å². The minimum absolute atomic E-state index is 0.398. The van der Waals surface area contributed by atoms with Crippen molar-refractivity contribution in [2.75, 3.05) is 11.9 Å². The SMILES string of the molecule is CCOc1ccccc1NC(=O)C(=O)c1cc(C)n(-c2cccc(C)c2C)c1C. The number of nitrogens with one attached hydrogen (secondary N) is 1. The highest BCUT2D eigenvalue weighted by atomic mass is 16.5. The zero-order chi connectivity index (χ0) is 21.1. The second-order valence-corrected chi connectivity index (χ2v) is 7.05. The minimum Gasteiger partial charge on any atom is -0.492 e. The average Bonchev–Trinajstić information content (AvgIpc) is 2.99. The number of Topliss-reactive ketones (excluding diaryl/α,β-unsaturated/α-hetero) is 1. The lowest BCUT2D eigenvalue weighted by Gasteiger charge is -2.14. The van der Waals surface area contributed by atoms with Crippen LogP contribution in [0.5, 0.6) is 5.75 Å². The van der Waals surface area contributed by atoms with Crippen molar-refractivity contribution >= 4 is 17.4 Å². The lowest BCUT2D eigenvalue weighted by molar-refractivity contribution is -0.112. The third-order valence-corrected chi connectivity index (χ3v) is 5.13. The van der Waals surface area contributed by atoms with E-state index >= 15 is 0 Å². The van der Waals surface area contributed by atoms with Crippen molar-refractivity contribution in [1.29, 1.82) is 0 Å². The monoisotopic (exact) mass is 390 g/mol. The van der Waals surface area contributed by atoms with Gasteiger partial charge in [-0.05, 0) is 70.0 Å². The Hall–Kier alpha value is -3.34.